The van der Waals surface area contributed by atoms with Crippen LogP contribution < -0.4 is 9.46 Å². The molecule has 158 valence electrons. The van der Waals surface area contributed by atoms with Crippen molar-refractivity contribution in [2.24, 2.45) is 5.92 Å². The Morgan fingerprint density at radius 1 is 1.14 bits per heavy atom. The lowest BCUT2D eigenvalue weighted by Crippen LogP contribution is -2.31. The molecule has 2 aromatic rings. The first-order chi connectivity index (χ1) is 13.6. The Labute approximate surface area is 173 Å². The van der Waals surface area contributed by atoms with Crippen LogP contribution in [0.1, 0.15) is 30.9 Å². The molecular formula is C20H25NO6S2. The molecule has 0 aliphatic carbocycles. The van der Waals surface area contributed by atoms with Crippen molar-refractivity contribution in [3.63, 3.8) is 0 Å². The maximum absolute atomic E-state index is 12.8. The van der Waals surface area contributed by atoms with Crippen LogP contribution in [0.15, 0.2) is 53.4 Å². The molecule has 9 heteroatoms. The van der Waals surface area contributed by atoms with E-state index in [2.05, 4.69) is 18.6 Å². The van der Waals surface area contributed by atoms with Crippen LogP contribution in [0.25, 0.3) is 0 Å². The highest BCUT2D eigenvalue weighted by Gasteiger charge is 2.25. The fraction of sp³-hybridized carbons (Fsp3) is 0.350. The Hall–Kier alpha value is -2.07. The molecule has 2 unspecified atom stereocenters. The van der Waals surface area contributed by atoms with E-state index in [1.165, 1.54) is 18.2 Å². The van der Waals surface area contributed by atoms with E-state index in [9.17, 15) is 17.4 Å². The summed E-state index contributed by atoms with van der Waals surface area (Å²) in [4.78, 5) is 12.7. The molecule has 0 amide bonds. The molecule has 0 saturated heterocycles. The lowest BCUT2D eigenvalue weighted by Gasteiger charge is -2.17. The zero-order valence-corrected chi connectivity index (χ0v) is 18.1. The SMILES string of the molecule is CC(C)Cc1ccc(C(CNS(=O)O)C(=O)Oc2ccccc2S(C)(=O)=O)cc1. The van der Waals surface area contributed by atoms with Gasteiger partial charge in [0.15, 0.2) is 9.84 Å². The van der Waals surface area contributed by atoms with Gasteiger partial charge in [0.25, 0.3) is 0 Å². The Balaban J connectivity index is 2.30. The normalized spacial score (nSPS) is 13.8. The molecule has 0 aromatic heterocycles. The van der Waals surface area contributed by atoms with Gasteiger partial charge in [0.2, 0.25) is 11.3 Å². The van der Waals surface area contributed by atoms with Crippen molar-refractivity contribution < 1.29 is 26.7 Å². The second-order valence-electron chi connectivity index (χ2n) is 7.13. The third kappa shape index (κ3) is 7.04. The van der Waals surface area contributed by atoms with Crippen molar-refractivity contribution in [2.45, 2.75) is 31.1 Å². The van der Waals surface area contributed by atoms with Crippen molar-refractivity contribution in [2.75, 3.05) is 12.8 Å². The highest BCUT2D eigenvalue weighted by atomic mass is 32.2. The Morgan fingerprint density at radius 2 is 1.76 bits per heavy atom. The monoisotopic (exact) mass is 439 g/mol. The van der Waals surface area contributed by atoms with Gasteiger partial charge in [-0.15, -0.1) is 0 Å². The Bertz CT molecular complexity index is 971. The average Bonchev–Trinajstić information content (AvgIpc) is 2.62. The van der Waals surface area contributed by atoms with Gasteiger partial charge in [0.1, 0.15) is 10.6 Å². The molecule has 0 saturated carbocycles. The molecule has 0 heterocycles. The second kappa shape index (κ2) is 10.1. The fourth-order valence-electron chi connectivity index (χ4n) is 2.87. The number of nitrogens with one attached hydrogen (secondary N) is 1. The van der Waals surface area contributed by atoms with Gasteiger partial charge in [0, 0.05) is 12.8 Å². The van der Waals surface area contributed by atoms with E-state index in [0.717, 1.165) is 18.2 Å². The molecule has 2 aromatic carbocycles. The first-order valence-corrected chi connectivity index (χ1v) is 12.0. The summed E-state index contributed by atoms with van der Waals surface area (Å²) < 4.78 is 51.7. The number of sulfone groups is 1. The number of esters is 1. The minimum absolute atomic E-state index is 0.0773. The summed E-state index contributed by atoms with van der Waals surface area (Å²) in [7, 11) is -3.59. The minimum Gasteiger partial charge on any atom is -0.425 e. The molecule has 0 aliphatic rings. The van der Waals surface area contributed by atoms with Crippen molar-refractivity contribution in [3.05, 3.63) is 59.7 Å². The number of para-hydroxylation sites is 1. The van der Waals surface area contributed by atoms with Gasteiger partial charge in [-0.1, -0.05) is 50.2 Å². The van der Waals surface area contributed by atoms with Crippen LogP contribution in [0.4, 0.5) is 0 Å². The summed E-state index contributed by atoms with van der Waals surface area (Å²) in [5, 5.41) is 0. The molecule has 0 aliphatic heterocycles. The second-order valence-corrected chi connectivity index (χ2v) is 9.90. The molecule has 2 N–H and O–H groups in total. The summed E-state index contributed by atoms with van der Waals surface area (Å²) in [5.74, 6) is -1.22. The van der Waals surface area contributed by atoms with Gasteiger partial charge >= 0.3 is 5.97 Å². The fourth-order valence-corrected chi connectivity index (χ4v) is 3.98. The number of benzene rings is 2. The van der Waals surface area contributed by atoms with Crippen LogP contribution in [0, 0.1) is 5.92 Å². The van der Waals surface area contributed by atoms with E-state index < -0.39 is 33.0 Å². The number of carbonyl (C=O) groups excluding carboxylic acids is 1. The van der Waals surface area contributed by atoms with E-state index in [1.807, 2.05) is 12.1 Å². The smallest absolute Gasteiger partial charge is 0.320 e. The van der Waals surface area contributed by atoms with E-state index in [-0.39, 0.29) is 17.2 Å². The summed E-state index contributed by atoms with van der Waals surface area (Å²) in [6.45, 7) is 4.06. The van der Waals surface area contributed by atoms with Crippen LogP contribution >= 0.6 is 0 Å². The minimum atomic E-state index is -3.59. The zero-order chi connectivity index (χ0) is 21.6. The highest BCUT2D eigenvalue weighted by molar-refractivity contribution is 7.90. The van der Waals surface area contributed by atoms with E-state index in [1.54, 1.807) is 18.2 Å². The molecule has 0 radical (unpaired) electrons. The maximum Gasteiger partial charge on any atom is 0.320 e. The number of hydrogen-bond acceptors (Lipinski definition) is 5. The largest absolute Gasteiger partial charge is 0.425 e. The highest BCUT2D eigenvalue weighted by Crippen LogP contribution is 2.26. The third-order valence-corrected chi connectivity index (χ3v) is 5.73. The van der Waals surface area contributed by atoms with Crippen molar-refractivity contribution in [1.29, 1.82) is 0 Å². The van der Waals surface area contributed by atoms with E-state index in [4.69, 9.17) is 9.29 Å². The standard InChI is InChI=1S/C20H25NO6S2/c1-14(2)12-15-8-10-16(11-9-15)17(13-21-28(23)24)20(22)27-18-6-4-5-7-19(18)29(3,25)26/h4-11,14,17,21H,12-13H2,1-3H3,(H,23,24). The number of rotatable bonds is 9. The van der Waals surface area contributed by atoms with Crippen molar-refractivity contribution in [1.82, 2.24) is 4.72 Å². The summed E-state index contributed by atoms with van der Waals surface area (Å²) in [6, 6.07) is 13.2. The molecule has 2 rings (SSSR count). The van der Waals surface area contributed by atoms with Crippen molar-refractivity contribution >= 4 is 27.1 Å². The lowest BCUT2D eigenvalue weighted by molar-refractivity contribution is -0.136. The number of hydrogen-bond donors (Lipinski definition) is 2. The summed E-state index contributed by atoms with van der Waals surface area (Å²) in [5.41, 5.74) is 1.70. The maximum atomic E-state index is 12.8. The molecule has 0 spiro atoms. The third-order valence-electron chi connectivity index (χ3n) is 4.18. The van der Waals surface area contributed by atoms with E-state index in [0.29, 0.717) is 11.5 Å². The zero-order valence-electron chi connectivity index (χ0n) is 16.5. The van der Waals surface area contributed by atoms with Crippen molar-refractivity contribution in [3.8, 4) is 5.75 Å². The van der Waals surface area contributed by atoms with Gasteiger partial charge in [-0.2, -0.15) is 0 Å². The first-order valence-electron chi connectivity index (χ1n) is 9.02. The van der Waals surface area contributed by atoms with Gasteiger partial charge in [-0.3, -0.25) is 9.35 Å². The van der Waals surface area contributed by atoms with Crippen LogP contribution in [-0.2, 0) is 32.3 Å². The van der Waals surface area contributed by atoms with Crippen LogP contribution in [0.3, 0.4) is 0 Å². The molecular weight excluding hydrogens is 414 g/mol. The summed E-state index contributed by atoms with van der Waals surface area (Å²) >= 11 is -2.31. The van der Waals surface area contributed by atoms with Gasteiger partial charge < -0.3 is 4.74 Å². The predicted molar refractivity (Wildman–Crippen MR) is 112 cm³/mol. The van der Waals surface area contributed by atoms with Crippen LogP contribution in [0.2, 0.25) is 0 Å². The molecule has 7 nitrogen and oxygen atoms in total. The number of carbonyl (C=O) groups is 1. The van der Waals surface area contributed by atoms with Gasteiger partial charge in [0.05, 0.1) is 5.92 Å². The van der Waals surface area contributed by atoms with E-state index >= 15 is 0 Å². The quantitative estimate of drug-likeness (QED) is 0.353. The molecule has 29 heavy (non-hydrogen) atoms. The number of ether oxygens (including phenoxy) is 1. The average molecular weight is 440 g/mol. The summed E-state index contributed by atoms with van der Waals surface area (Å²) in [6.07, 6.45) is 1.91. The Kier molecular flexibility index (Phi) is 8.09. The molecule has 0 bridgehead atoms. The van der Waals surface area contributed by atoms with Crippen LogP contribution in [-0.4, -0.2) is 35.9 Å². The molecule has 2 atom stereocenters. The first kappa shape index (κ1) is 23.2. The van der Waals surface area contributed by atoms with Crippen LogP contribution in [0.5, 0.6) is 5.75 Å². The molecule has 0 fully saturated rings. The predicted octanol–water partition coefficient (Wildman–Crippen LogP) is 2.70. The Morgan fingerprint density at radius 3 is 2.31 bits per heavy atom. The topological polar surface area (TPSA) is 110 Å². The lowest BCUT2D eigenvalue weighted by atomic mass is 9.95. The van der Waals surface area contributed by atoms with Gasteiger partial charge in [-0.25, -0.2) is 17.3 Å². The van der Waals surface area contributed by atoms with Gasteiger partial charge in [-0.05, 0) is 35.6 Å².